The van der Waals surface area contributed by atoms with Gasteiger partial charge in [0.15, 0.2) is 0 Å². The van der Waals surface area contributed by atoms with E-state index in [1.807, 2.05) is 0 Å². The van der Waals surface area contributed by atoms with E-state index in [1.165, 1.54) is 19.3 Å². The Morgan fingerprint density at radius 1 is 0.739 bits per heavy atom. The van der Waals surface area contributed by atoms with Crippen LogP contribution in [0.1, 0.15) is 74.7 Å². The van der Waals surface area contributed by atoms with Crippen LogP contribution in [-0.2, 0) is 0 Å². The number of rotatable bonds is 6. The van der Waals surface area contributed by atoms with E-state index in [0.717, 1.165) is 71.0 Å². The molecule has 3 aliphatic rings. The topological polar surface area (TPSA) is 0 Å². The summed E-state index contributed by atoms with van der Waals surface area (Å²) in [5, 5.41) is 0. The highest BCUT2D eigenvalue weighted by molar-refractivity contribution is 5.05. The zero-order valence-corrected chi connectivity index (χ0v) is 17.0. The van der Waals surface area contributed by atoms with Crippen molar-refractivity contribution in [3.05, 3.63) is 0 Å². The SMILES string of the molecule is CCC1C(C)CC1C(C)C(C)C1C(C)C1C(C)C1C(C)CC1C. The maximum atomic E-state index is 2.60. The lowest BCUT2D eigenvalue weighted by atomic mass is 9.57. The molecule has 3 saturated carbocycles. The van der Waals surface area contributed by atoms with Crippen LogP contribution < -0.4 is 0 Å². The molecule has 0 amide bonds. The van der Waals surface area contributed by atoms with Crippen LogP contribution in [0.5, 0.6) is 0 Å². The molecule has 0 bridgehead atoms. The molecule has 0 nitrogen and oxygen atoms in total. The zero-order chi connectivity index (χ0) is 17.0. The summed E-state index contributed by atoms with van der Waals surface area (Å²) in [4.78, 5) is 0. The lowest BCUT2D eigenvalue weighted by Crippen LogP contribution is -2.41. The first-order valence-electron chi connectivity index (χ1n) is 10.8. The maximum absolute atomic E-state index is 2.60. The Morgan fingerprint density at radius 2 is 1.35 bits per heavy atom. The van der Waals surface area contributed by atoms with Gasteiger partial charge in [-0.15, -0.1) is 0 Å². The fourth-order valence-corrected chi connectivity index (χ4v) is 7.80. The van der Waals surface area contributed by atoms with Gasteiger partial charge in [-0.3, -0.25) is 0 Å². The Kier molecular flexibility index (Phi) is 4.94. The van der Waals surface area contributed by atoms with Gasteiger partial charge in [0.2, 0.25) is 0 Å². The van der Waals surface area contributed by atoms with Gasteiger partial charge in [-0.2, -0.15) is 0 Å². The van der Waals surface area contributed by atoms with Crippen LogP contribution in [0.4, 0.5) is 0 Å². The van der Waals surface area contributed by atoms with Crippen LogP contribution in [0.3, 0.4) is 0 Å². The minimum absolute atomic E-state index is 0.940. The summed E-state index contributed by atoms with van der Waals surface area (Å²) >= 11 is 0. The average molecular weight is 319 g/mol. The molecule has 0 spiro atoms. The Bertz CT molecular complexity index is 404. The molecule has 3 aliphatic carbocycles. The van der Waals surface area contributed by atoms with Crippen molar-refractivity contribution in [2.75, 3.05) is 0 Å². The fourth-order valence-electron chi connectivity index (χ4n) is 7.80. The normalized spacial score (nSPS) is 53.0. The standard InChI is InChI=1S/C23H42/c1-9-19-12(2)11-20(19)15(5)16(6)22-18(8)23(22)17(7)21-13(3)10-14(21)4/h12-23H,9-11H2,1-8H3. The lowest BCUT2D eigenvalue weighted by molar-refractivity contribution is 0.00632. The molecule has 0 aliphatic heterocycles. The van der Waals surface area contributed by atoms with Gasteiger partial charge in [-0.05, 0) is 83.9 Å². The van der Waals surface area contributed by atoms with Gasteiger partial charge >= 0.3 is 0 Å². The van der Waals surface area contributed by atoms with Crippen molar-refractivity contribution in [1.82, 2.24) is 0 Å². The molecule has 0 aromatic heterocycles. The molecule has 0 aromatic carbocycles. The Labute approximate surface area is 146 Å². The van der Waals surface area contributed by atoms with Crippen molar-refractivity contribution in [3.63, 3.8) is 0 Å². The summed E-state index contributed by atoms with van der Waals surface area (Å²) in [5.41, 5.74) is 0. The fraction of sp³-hybridized carbons (Fsp3) is 1.00. The lowest BCUT2D eigenvalue weighted by Gasteiger charge is -2.48. The predicted octanol–water partition coefficient (Wildman–Crippen LogP) is 6.75. The summed E-state index contributed by atoms with van der Waals surface area (Å²) in [6.45, 7) is 20.2. The molecular weight excluding hydrogens is 276 g/mol. The third kappa shape index (κ3) is 2.81. The summed E-state index contributed by atoms with van der Waals surface area (Å²) in [6, 6.07) is 0. The molecule has 0 radical (unpaired) electrons. The molecule has 3 fully saturated rings. The van der Waals surface area contributed by atoms with E-state index >= 15 is 0 Å². The van der Waals surface area contributed by atoms with Gasteiger partial charge in [0.1, 0.15) is 0 Å². The Morgan fingerprint density at radius 3 is 1.83 bits per heavy atom. The van der Waals surface area contributed by atoms with Gasteiger partial charge in [0.05, 0.1) is 0 Å². The third-order valence-electron chi connectivity index (χ3n) is 9.30. The molecule has 11 unspecified atom stereocenters. The monoisotopic (exact) mass is 318 g/mol. The number of hydrogen-bond acceptors (Lipinski definition) is 0. The molecule has 0 saturated heterocycles. The molecule has 134 valence electrons. The van der Waals surface area contributed by atoms with Crippen LogP contribution in [-0.4, -0.2) is 0 Å². The molecular formula is C23H42. The Hall–Kier alpha value is 0. The van der Waals surface area contributed by atoms with Crippen molar-refractivity contribution in [2.24, 2.45) is 71.0 Å². The molecule has 0 N–H and O–H groups in total. The van der Waals surface area contributed by atoms with Crippen molar-refractivity contribution < 1.29 is 0 Å². The molecule has 3 rings (SSSR count). The van der Waals surface area contributed by atoms with Crippen molar-refractivity contribution in [1.29, 1.82) is 0 Å². The molecule has 23 heavy (non-hydrogen) atoms. The minimum atomic E-state index is 0.940. The smallest absolute Gasteiger partial charge is 0.0323 e. The first-order valence-corrected chi connectivity index (χ1v) is 10.8. The minimum Gasteiger partial charge on any atom is -0.0651 e. The van der Waals surface area contributed by atoms with Gasteiger partial charge in [0.25, 0.3) is 0 Å². The first kappa shape index (κ1) is 17.8. The summed E-state index contributed by atoms with van der Waals surface area (Å²) in [5.74, 6) is 11.9. The van der Waals surface area contributed by atoms with E-state index in [-0.39, 0.29) is 0 Å². The highest BCUT2D eigenvalue weighted by atomic mass is 14.6. The van der Waals surface area contributed by atoms with Gasteiger partial charge in [-0.25, -0.2) is 0 Å². The summed E-state index contributed by atoms with van der Waals surface area (Å²) < 4.78 is 0. The quantitative estimate of drug-likeness (QED) is 0.508. The van der Waals surface area contributed by atoms with Crippen molar-refractivity contribution in [2.45, 2.75) is 74.7 Å². The van der Waals surface area contributed by atoms with E-state index in [0.29, 0.717) is 0 Å². The zero-order valence-electron chi connectivity index (χ0n) is 17.0. The average Bonchev–Trinajstić information content (AvgIpc) is 3.14. The van der Waals surface area contributed by atoms with Crippen LogP contribution in [0.25, 0.3) is 0 Å². The van der Waals surface area contributed by atoms with Crippen LogP contribution >= 0.6 is 0 Å². The van der Waals surface area contributed by atoms with E-state index in [9.17, 15) is 0 Å². The Balaban J connectivity index is 1.59. The van der Waals surface area contributed by atoms with Crippen LogP contribution in [0.2, 0.25) is 0 Å². The highest BCUT2D eigenvalue weighted by Gasteiger charge is 2.57. The second kappa shape index (κ2) is 6.38. The van der Waals surface area contributed by atoms with E-state index in [1.54, 1.807) is 0 Å². The van der Waals surface area contributed by atoms with E-state index in [2.05, 4.69) is 55.4 Å². The second-order valence-electron chi connectivity index (χ2n) is 10.3. The molecule has 0 heteroatoms. The highest BCUT2D eigenvalue weighted by Crippen LogP contribution is 2.63. The summed E-state index contributed by atoms with van der Waals surface area (Å²) in [7, 11) is 0. The number of hydrogen-bond donors (Lipinski definition) is 0. The van der Waals surface area contributed by atoms with Crippen LogP contribution in [0.15, 0.2) is 0 Å². The van der Waals surface area contributed by atoms with Gasteiger partial charge in [-0.1, -0.05) is 61.8 Å². The largest absolute Gasteiger partial charge is 0.0651 e. The molecule has 0 heterocycles. The second-order valence-corrected chi connectivity index (χ2v) is 10.3. The van der Waals surface area contributed by atoms with Crippen LogP contribution in [0, 0.1) is 71.0 Å². The molecule has 0 aromatic rings. The first-order chi connectivity index (χ1) is 10.8. The van der Waals surface area contributed by atoms with Crippen molar-refractivity contribution >= 4 is 0 Å². The van der Waals surface area contributed by atoms with Gasteiger partial charge in [0, 0.05) is 0 Å². The molecule has 11 atom stereocenters. The summed E-state index contributed by atoms with van der Waals surface area (Å²) in [6.07, 6.45) is 4.38. The third-order valence-corrected chi connectivity index (χ3v) is 9.30. The maximum Gasteiger partial charge on any atom is -0.0323 e. The van der Waals surface area contributed by atoms with E-state index in [4.69, 9.17) is 0 Å². The van der Waals surface area contributed by atoms with Crippen molar-refractivity contribution in [3.8, 4) is 0 Å². The van der Waals surface area contributed by atoms with Gasteiger partial charge < -0.3 is 0 Å². The van der Waals surface area contributed by atoms with E-state index < -0.39 is 0 Å². The predicted molar refractivity (Wildman–Crippen MR) is 101 cm³/mol.